The lowest BCUT2D eigenvalue weighted by molar-refractivity contribution is -0.129. The molecule has 17 heavy (non-hydrogen) atoms. The molecule has 1 amide bonds. The van der Waals surface area contributed by atoms with E-state index >= 15 is 0 Å². The molecule has 1 aromatic heterocycles. The molecule has 0 radical (unpaired) electrons. The molecule has 0 spiro atoms. The van der Waals surface area contributed by atoms with Gasteiger partial charge in [-0.05, 0) is 6.07 Å². The van der Waals surface area contributed by atoms with Gasteiger partial charge in [0.2, 0.25) is 11.9 Å². The van der Waals surface area contributed by atoms with Crippen LogP contribution in [0.3, 0.4) is 0 Å². The Morgan fingerprint density at radius 2 is 2.06 bits per heavy atom. The van der Waals surface area contributed by atoms with E-state index in [1.807, 2.05) is 0 Å². The van der Waals surface area contributed by atoms with Crippen LogP contribution >= 0.6 is 0 Å². The van der Waals surface area contributed by atoms with Gasteiger partial charge in [0.1, 0.15) is 6.04 Å². The third-order valence-corrected chi connectivity index (χ3v) is 3.33. The fourth-order valence-corrected chi connectivity index (χ4v) is 2.41. The number of anilines is 1. The lowest BCUT2D eigenvalue weighted by Crippen LogP contribution is -2.64. The molecule has 2 aliphatic rings. The standard InChI is InChI=1S/C11H15N5O/c17-10-9-8-16(11-13-2-1-3-14-11)7-6-15(9)5-4-12-10/h1-3,9H,4-8H2,(H,12,17). The molecular formula is C11H15N5O. The zero-order chi connectivity index (χ0) is 11.7. The van der Waals surface area contributed by atoms with Crippen molar-refractivity contribution in [2.45, 2.75) is 6.04 Å². The molecule has 2 aliphatic heterocycles. The molecule has 90 valence electrons. The third-order valence-electron chi connectivity index (χ3n) is 3.33. The van der Waals surface area contributed by atoms with Crippen LogP contribution in [-0.4, -0.2) is 59.5 Å². The summed E-state index contributed by atoms with van der Waals surface area (Å²) in [5.41, 5.74) is 0. The van der Waals surface area contributed by atoms with Crippen molar-refractivity contribution in [1.29, 1.82) is 0 Å². The molecule has 3 rings (SSSR count). The summed E-state index contributed by atoms with van der Waals surface area (Å²) < 4.78 is 0. The smallest absolute Gasteiger partial charge is 0.239 e. The van der Waals surface area contributed by atoms with Crippen LogP contribution in [0.2, 0.25) is 0 Å². The molecule has 1 N–H and O–H groups in total. The molecule has 2 fully saturated rings. The SMILES string of the molecule is O=C1NCCN2CCN(c3ncccn3)CC12. The van der Waals surface area contributed by atoms with Crippen LogP contribution in [0.25, 0.3) is 0 Å². The van der Waals surface area contributed by atoms with Crippen LogP contribution in [0.15, 0.2) is 18.5 Å². The van der Waals surface area contributed by atoms with Crippen LogP contribution in [0.4, 0.5) is 5.95 Å². The maximum atomic E-state index is 11.8. The second-order valence-electron chi connectivity index (χ2n) is 4.34. The van der Waals surface area contributed by atoms with E-state index in [0.717, 1.165) is 26.2 Å². The molecule has 1 aromatic rings. The molecule has 6 nitrogen and oxygen atoms in total. The minimum absolute atomic E-state index is 0.0543. The van der Waals surface area contributed by atoms with E-state index in [4.69, 9.17) is 0 Å². The quantitative estimate of drug-likeness (QED) is 0.681. The molecule has 0 saturated carbocycles. The molecular weight excluding hydrogens is 218 g/mol. The highest BCUT2D eigenvalue weighted by molar-refractivity contribution is 5.83. The summed E-state index contributed by atoms with van der Waals surface area (Å²) in [5.74, 6) is 0.836. The van der Waals surface area contributed by atoms with Gasteiger partial charge in [-0.2, -0.15) is 0 Å². The normalized spacial score (nSPS) is 25.3. The number of piperazine rings is 2. The number of carbonyl (C=O) groups is 1. The number of nitrogens with zero attached hydrogens (tertiary/aromatic N) is 4. The predicted molar refractivity (Wildman–Crippen MR) is 62.6 cm³/mol. The van der Waals surface area contributed by atoms with Crippen molar-refractivity contribution in [3.05, 3.63) is 18.5 Å². The average Bonchev–Trinajstić information content (AvgIpc) is 2.40. The van der Waals surface area contributed by atoms with Crippen molar-refractivity contribution < 1.29 is 4.79 Å². The Morgan fingerprint density at radius 3 is 2.88 bits per heavy atom. The molecule has 2 saturated heterocycles. The first kappa shape index (κ1) is 10.5. The van der Waals surface area contributed by atoms with Crippen molar-refractivity contribution in [2.75, 3.05) is 37.6 Å². The first-order chi connectivity index (χ1) is 8.34. The topological polar surface area (TPSA) is 61.4 Å². The zero-order valence-electron chi connectivity index (χ0n) is 9.54. The Kier molecular flexibility index (Phi) is 2.64. The van der Waals surface area contributed by atoms with E-state index in [0.29, 0.717) is 12.5 Å². The van der Waals surface area contributed by atoms with Gasteiger partial charge in [0.15, 0.2) is 0 Å². The van der Waals surface area contributed by atoms with Crippen molar-refractivity contribution >= 4 is 11.9 Å². The Balaban J connectivity index is 1.76. The number of aromatic nitrogens is 2. The summed E-state index contributed by atoms with van der Waals surface area (Å²) in [4.78, 5) is 24.6. The number of rotatable bonds is 1. The molecule has 6 heteroatoms. The summed E-state index contributed by atoms with van der Waals surface area (Å²) in [6.45, 7) is 4.16. The highest BCUT2D eigenvalue weighted by Gasteiger charge is 2.35. The Morgan fingerprint density at radius 1 is 1.24 bits per heavy atom. The summed E-state index contributed by atoms with van der Waals surface area (Å²) >= 11 is 0. The second kappa shape index (κ2) is 4.29. The molecule has 0 aromatic carbocycles. The second-order valence-corrected chi connectivity index (χ2v) is 4.34. The molecule has 1 atom stereocenters. The molecule has 0 aliphatic carbocycles. The summed E-state index contributed by atoms with van der Waals surface area (Å²) in [6.07, 6.45) is 3.46. The van der Waals surface area contributed by atoms with Gasteiger partial charge >= 0.3 is 0 Å². The monoisotopic (exact) mass is 233 g/mol. The number of fused-ring (bicyclic) bond motifs is 1. The first-order valence-corrected chi connectivity index (χ1v) is 5.88. The van der Waals surface area contributed by atoms with Gasteiger partial charge in [-0.1, -0.05) is 0 Å². The lowest BCUT2D eigenvalue weighted by atomic mass is 10.1. The van der Waals surface area contributed by atoms with Crippen LogP contribution < -0.4 is 10.2 Å². The van der Waals surface area contributed by atoms with Crippen molar-refractivity contribution in [3.63, 3.8) is 0 Å². The fourth-order valence-electron chi connectivity index (χ4n) is 2.41. The minimum atomic E-state index is -0.0543. The van der Waals surface area contributed by atoms with Crippen molar-refractivity contribution in [1.82, 2.24) is 20.2 Å². The Hall–Kier alpha value is -1.69. The third kappa shape index (κ3) is 1.95. The largest absolute Gasteiger partial charge is 0.353 e. The Bertz CT molecular complexity index is 410. The van der Waals surface area contributed by atoms with Gasteiger partial charge in [-0.15, -0.1) is 0 Å². The van der Waals surface area contributed by atoms with E-state index < -0.39 is 0 Å². The van der Waals surface area contributed by atoms with Gasteiger partial charge in [0.05, 0.1) is 0 Å². The number of hydrogen-bond donors (Lipinski definition) is 1. The predicted octanol–water partition coefficient (Wildman–Crippen LogP) is -0.903. The van der Waals surface area contributed by atoms with E-state index in [-0.39, 0.29) is 11.9 Å². The van der Waals surface area contributed by atoms with E-state index in [9.17, 15) is 4.79 Å². The molecule has 0 bridgehead atoms. The lowest BCUT2D eigenvalue weighted by Gasteiger charge is -2.42. The van der Waals surface area contributed by atoms with Gasteiger partial charge in [0.25, 0.3) is 0 Å². The van der Waals surface area contributed by atoms with E-state index in [2.05, 4.69) is 25.1 Å². The van der Waals surface area contributed by atoms with Gasteiger partial charge in [-0.3, -0.25) is 9.69 Å². The van der Waals surface area contributed by atoms with E-state index in [1.54, 1.807) is 18.5 Å². The number of hydrogen-bond acceptors (Lipinski definition) is 5. The maximum Gasteiger partial charge on any atom is 0.239 e. The van der Waals surface area contributed by atoms with Gasteiger partial charge in [0, 0.05) is 45.1 Å². The van der Waals surface area contributed by atoms with Crippen LogP contribution in [0.1, 0.15) is 0 Å². The van der Waals surface area contributed by atoms with Gasteiger partial charge < -0.3 is 10.2 Å². The number of carbonyl (C=O) groups excluding carboxylic acids is 1. The molecule has 1 unspecified atom stereocenters. The van der Waals surface area contributed by atoms with Gasteiger partial charge in [-0.25, -0.2) is 9.97 Å². The van der Waals surface area contributed by atoms with Crippen molar-refractivity contribution in [3.8, 4) is 0 Å². The summed E-state index contributed by atoms with van der Waals surface area (Å²) in [5, 5.41) is 2.91. The summed E-state index contributed by atoms with van der Waals surface area (Å²) in [6, 6.07) is 1.74. The number of amides is 1. The summed E-state index contributed by atoms with van der Waals surface area (Å²) in [7, 11) is 0. The highest BCUT2D eigenvalue weighted by Crippen LogP contribution is 2.16. The zero-order valence-corrected chi connectivity index (χ0v) is 9.54. The highest BCUT2D eigenvalue weighted by atomic mass is 16.2. The maximum absolute atomic E-state index is 11.8. The van der Waals surface area contributed by atoms with Crippen LogP contribution in [0.5, 0.6) is 0 Å². The Labute approximate surface area is 99.6 Å². The first-order valence-electron chi connectivity index (χ1n) is 5.88. The minimum Gasteiger partial charge on any atom is -0.353 e. The average molecular weight is 233 g/mol. The van der Waals surface area contributed by atoms with Crippen molar-refractivity contribution in [2.24, 2.45) is 0 Å². The van der Waals surface area contributed by atoms with E-state index in [1.165, 1.54) is 0 Å². The van der Waals surface area contributed by atoms with Crippen LogP contribution in [0, 0.1) is 0 Å². The number of nitrogens with one attached hydrogen (secondary N) is 1. The fraction of sp³-hybridized carbons (Fsp3) is 0.545. The van der Waals surface area contributed by atoms with Crippen LogP contribution in [-0.2, 0) is 4.79 Å². The molecule has 3 heterocycles.